The van der Waals surface area contributed by atoms with Gasteiger partial charge in [0, 0.05) is 33.0 Å². The molecule has 0 rings (SSSR count). The van der Waals surface area contributed by atoms with Gasteiger partial charge in [-0.2, -0.15) is 4.62 Å². The van der Waals surface area contributed by atoms with E-state index in [0.717, 1.165) is 4.58 Å². The molecule has 0 saturated heterocycles. The Bertz CT molecular complexity index is 132. The number of rotatable bonds is 4. The van der Waals surface area contributed by atoms with Crippen LogP contribution < -0.4 is 0 Å². The monoisotopic (exact) mass is 189 g/mol. The van der Waals surface area contributed by atoms with Crippen LogP contribution in [0.1, 0.15) is 0 Å². The fourth-order valence-corrected chi connectivity index (χ4v) is 1.06. The minimum absolute atomic E-state index is 0.730. The van der Waals surface area contributed by atoms with Crippen LogP contribution in [0.5, 0.6) is 0 Å². The number of hydrogen-bond acceptors (Lipinski definition) is 5. The number of phosphoric acid groups is 1. The predicted octanol–water partition coefficient (Wildman–Crippen LogP) is 1.40. The fourth-order valence-electron chi connectivity index (χ4n) is 0.279. The molecule has 0 bridgehead atoms. The molecule has 0 fully saturated rings. The van der Waals surface area contributed by atoms with Crippen molar-refractivity contribution in [3.05, 3.63) is 0 Å². The third kappa shape index (κ3) is 3.51. The van der Waals surface area contributed by atoms with Crippen LogP contribution in [-0.2, 0) is 18.2 Å². The summed E-state index contributed by atoms with van der Waals surface area (Å²) in [7, 11) is 0.308. The molecule has 0 unspecified atom stereocenters. The van der Waals surface area contributed by atoms with E-state index in [0.29, 0.717) is 0 Å². The molecule has 0 aliphatic rings. The van der Waals surface area contributed by atoms with Gasteiger partial charge in [-0.05, 0) is 0 Å². The normalized spacial score (nSPS) is 12.5. The third-order valence-corrected chi connectivity index (χ3v) is 2.16. The van der Waals surface area contributed by atoms with Gasteiger partial charge in [0.05, 0.1) is 0 Å². The molecule has 0 N–H and O–H groups in total. The quantitative estimate of drug-likeness (QED) is 0.380. The van der Waals surface area contributed by atoms with Crippen molar-refractivity contribution in [1.82, 2.24) is 4.58 Å². The van der Waals surface area contributed by atoms with Gasteiger partial charge in [0.25, 0.3) is 0 Å². The Hall–Kier alpha value is 0.360. The van der Waals surface area contributed by atoms with Crippen LogP contribution in [-0.4, -0.2) is 25.8 Å². The number of hydrogen-bond donors (Lipinski definition) is 0. The molecule has 62 valence electrons. The van der Waals surface area contributed by atoms with Gasteiger partial charge in [-0.1, -0.05) is 4.58 Å². The molecular weight excluding hydrogens is 180 g/mol. The maximum Gasteiger partial charge on any atom is 0.492 e. The van der Waals surface area contributed by atoms with Crippen molar-refractivity contribution < 1.29 is 18.2 Å². The first-order valence-electron chi connectivity index (χ1n) is 2.35. The molecule has 0 aromatic carbocycles. The first-order valence-corrected chi connectivity index (χ1v) is 4.14. The van der Waals surface area contributed by atoms with Crippen LogP contribution in [0.3, 0.4) is 0 Å². The minimum Gasteiger partial charge on any atom is -0.289 e. The number of hydroxylamine groups is 1. The van der Waals surface area contributed by atoms with Crippen molar-refractivity contribution in [2.24, 2.45) is 0 Å². The second-order valence-electron chi connectivity index (χ2n) is 1.31. The largest absolute Gasteiger partial charge is 0.492 e. The smallest absolute Gasteiger partial charge is 0.289 e. The lowest BCUT2D eigenvalue weighted by Crippen LogP contribution is -2.05. The summed E-state index contributed by atoms with van der Waals surface area (Å²) in [6.07, 6.45) is 0. The molecular formula is C3H9ClNO4P. The fraction of sp³-hybridized carbons (Fsp3) is 1.00. The number of halogens is 1. The van der Waals surface area contributed by atoms with Crippen LogP contribution in [0.4, 0.5) is 0 Å². The van der Waals surface area contributed by atoms with E-state index < -0.39 is 7.82 Å². The van der Waals surface area contributed by atoms with E-state index >= 15 is 0 Å². The standard InChI is InChI=1S/C3H9ClNO4P/c1-5(4)9-10(6,7-2)8-3/h1-3H3. The van der Waals surface area contributed by atoms with Gasteiger partial charge in [-0.25, -0.2) is 4.57 Å². The van der Waals surface area contributed by atoms with Crippen molar-refractivity contribution >= 4 is 19.6 Å². The maximum absolute atomic E-state index is 11.0. The highest BCUT2D eigenvalue weighted by atomic mass is 35.5. The van der Waals surface area contributed by atoms with Crippen LogP contribution in [0.15, 0.2) is 0 Å². The minimum atomic E-state index is -3.44. The zero-order valence-corrected chi connectivity index (χ0v) is 7.56. The maximum atomic E-state index is 11.0. The summed E-state index contributed by atoms with van der Waals surface area (Å²) in [4.78, 5) is 0. The van der Waals surface area contributed by atoms with Gasteiger partial charge in [0.15, 0.2) is 0 Å². The molecule has 0 aliphatic heterocycles. The van der Waals surface area contributed by atoms with Gasteiger partial charge in [0.1, 0.15) is 0 Å². The lowest BCUT2D eigenvalue weighted by atomic mass is 11.6. The van der Waals surface area contributed by atoms with Crippen molar-refractivity contribution in [3.8, 4) is 0 Å². The molecule has 0 saturated carbocycles. The first kappa shape index (κ1) is 10.4. The average molecular weight is 190 g/mol. The highest BCUT2D eigenvalue weighted by molar-refractivity contribution is 7.48. The Kier molecular flexibility index (Phi) is 4.44. The Morgan fingerprint density at radius 3 is 1.90 bits per heavy atom. The van der Waals surface area contributed by atoms with Gasteiger partial charge in [-0.3, -0.25) is 9.05 Å². The summed E-state index contributed by atoms with van der Waals surface area (Å²) in [5.41, 5.74) is 0. The lowest BCUT2D eigenvalue weighted by molar-refractivity contribution is 0.0129. The van der Waals surface area contributed by atoms with Gasteiger partial charge in [-0.15, -0.1) is 0 Å². The summed E-state index contributed by atoms with van der Waals surface area (Å²) in [6.45, 7) is 0. The molecule has 0 aromatic rings. The van der Waals surface area contributed by atoms with Crippen molar-refractivity contribution in [3.63, 3.8) is 0 Å². The molecule has 7 heteroatoms. The van der Waals surface area contributed by atoms with E-state index in [4.69, 9.17) is 11.8 Å². The molecule has 0 aliphatic carbocycles. The van der Waals surface area contributed by atoms with E-state index in [2.05, 4.69) is 13.7 Å². The zero-order chi connectivity index (χ0) is 8.20. The average Bonchev–Trinajstić information content (AvgIpc) is 1.87. The van der Waals surface area contributed by atoms with E-state index in [1.54, 1.807) is 0 Å². The van der Waals surface area contributed by atoms with Crippen molar-refractivity contribution in [2.45, 2.75) is 0 Å². The van der Waals surface area contributed by atoms with Crippen LogP contribution >= 0.6 is 19.6 Å². The summed E-state index contributed by atoms with van der Waals surface area (Å²) < 4.78 is 24.9. The molecule has 0 atom stereocenters. The van der Waals surface area contributed by atoms with Crippen molar-refractivity contribution in [1.29, 1.82) is 0 Å². The summed E-state index contributed by atoms with van der Waals surface area (Å²) in [5, 5.41) is 0. The van der Waals surface area contributed by atoms with Crippen molar-refractivity contribution in [2.75, 3.05) is 21.3 Å². The Balaban J connectivity index is 3.94. The molecule has 5 nitrogen and oxygen atoms in total. The summed E-state index contributed by atoms with van der Waals surface area (Å²) in [6, 6.07) is 0. The van der Waals surface area contributed by atoms with E-state index in [1.165, 1.54) is 21.3 Å². The Labute approximate surface area is 64.5 Å². The van der Waals surface area contributed by atoms with E-state index in [9.17, 15) is 4.57 Å². The summed E-state index contributed by atoms with van der Waals surface area (Å²) >= 11 is 5.20. The van der Waals surface area contributed by atoms with Gasteiger partial charge >= 0.3 is 7.82 Å². The number of nitrogens with zero attached hydrogens (tertiary/aromatic N) is 1. The highest BCUT2D eigenvalue weighted by Crippen LogP contribution is 2.48. The highest BCUT2D eigenvalue weighted by Gasteiger charge is 2.24. The number of phosphoric ester groups is 1. The first-order chi connectivity index (χ1) is 4.54. The zero-order valence-electron chi connectivity index (χ0n) is 5.91. The van der Waals surface area contributed by atoms with Crippen LogP contribution in [0.25, 0.3) is 0 Å². The molecule has 0 heterocycles. The lowest BCUT2D eigenvalue weighted by Gasteiger charge is -2.14. The second-order valence-corrected chi connectivity index (χ2v) is 3.58. The molecule has 0 radical (unpaired) electrons. The van der Waals surface area contributed by atoms with E-state index in [-0.39, 0.29) is 0 Å². The Morgan fingerprint density at radius 2 is 1.80 bits per heavy atom. The van der Waals surface area contributed by atoms with Crippen LogP contribution in [0, 0.1) is 0 Å². The molecule has 10 heavy (non-hydrogen) atoms. The molecule has 0 amide bonds. The SMILES string of the molecule is COP(=O)(OC)ON(C)Cl. The molecule has 0 spiro atoms. The predicted molar refractivity (Wildman–Crippen MR) is 36.3 cm³/mol. The second kappa shape index (κ2) is 4.28. The van der Waals surface area contributed by atoms with Gasteiger partial charge in [0.2, 0.25) is 0 Å². The van der Waals surface area contributed by atoms with E-state index in [1.807, 2.05) is 0 Å². The summed E-state index contributed by atoms with van der Waals surface area (Å²) in [5.74, 6) is 0. The van der Waals surface area contributed by atoms with Crippen LogP contribution in [0.2, 0.25) is 0 Å². The van der Waals surface area contributed by atoms with Gasteiger partial charge < -0.3 is 0 Å². The topological polar surface area (TPSA) is 48.0 Å². The molecule has 0 aromatic heterocycles. The third-order valence-electron chi connectivity index (χ3n) is 0.660. The Morgan fingerprint density at radius 1 is 1.40 bits per heavy atom.